The van der Waals surface area contributed by atoms with E-state index in [1.165, 1.54) is 11.0 Å². The molecule has 4 rings (SSSR count). The standard InChI is InChI=1S/C30H30N2O7S/c1-5-15-38-21-13-11-19(12-14-21)24-23(25(33)20-9-8-10-22(17-20)37-7-3)26(34)28(35)32(24)30-31-18(4)27(40-30)29(36)39-16-6-2/h6,8-14,17,24,33H,2,5,7,15-16H2,1,3-4H3. The summed E-state index contributed by atoms with van der Waals surface area (Å²) in [6, 6.07) is 12.6. The van der Waals surface area contributed by atoms with Gasteiger partial charge < -0.3 is 19.3 Å². The van der Waals surface area contributed by atoms with E-state index in [0.717, 1.165) is 17.8 Å². The van der Waals surface area contributed by atoms with Crippen molar-refractivity contribution < 1.29 is 33.7 Å². The number of aliphatic hydroxyl groups excluding tert-OH is 1. The summed E-state index contributed by atoms with van der Waals surface area (Å²) in [7, 11) is 0. The average molecular weight is 563 g/mol. The molecule has 10 heteroatoms. The molecule has 0 bridgehead atoms. The lowest BCUT2D eigenvalue weighted by Gasteiger charge is -2.23. The number of rotatable bonds is 11. The molecule has 2 heterocycles. The van der Waals surface area contributed by atoms with Gasteiger partial charge in [-0.2, -0.15) is 0 Å². The Hall–Kier alpha value is -4.44. The number of Topliss-reactive ketones (excluding diaryl/α,β-unsaturated/α-hetero) is 1. The monoisotopic (exact) mass is 562 g/mol. The Morgan fingerprint density at radius 2 is 1.88 bits per heavy atom. The van der Waals surface area contributed by atoms with Crippen molar-refractivity contribution >= 4 is 39.9 Å². The predicted molar refractivity (Wildman–Crippen MR) is 152 cm³/mol. The van der Waals surface area contributed by atoms with Crippen molar-refractivity contribution in [3.05, 3.63) is 88.5 Å². The number of aryl methyl sites for hydroxylation is 1. The number of nitrogens with zero attached hydrogens (tertiary/aromatic N) is 2. The van der Waals surface area contributed by atoms with Crippen LogP contribution in [0, 0.1) is 6.92 Å². The lowest BCUT2D eigenvalue weighted by atomic mass is 9.95. The zero-order valence-corrected chi connectivity index (χ0v) is 23.3. The van der Waals surface area contributed by atoms with E-state index in [2.05, 4.69) is 11.6 Å². The second kappa shape index (κ2) is 12.6. The Balaban J connectivity index is 1.85. The largest absolute Gasteiger partial charge is 0.507 e. The number of benzene rings is 2. The predicted octanol–water partition coefficient (Wildman–Crippen LogP) is 5.61. The summed E-state index contributed by atoms with van der Waals surface area (Å²) in [5.41, 5.74) is 1.11. The van der Waals surface area contributed by atoms with E-state index < -0.39 is 23.7 Å². The van der Waals surface area contributed by atoms with Gasteiger partial charge in [0.05, 0.1) is 30.5 Å². The molecule has 1 saturated heterocycles. The van der Waals surface area contributed by atoms with E-state index in [9.17, 15) is 19.5 Å². The second-order valence-electron chi connectivity index (χ2n) is 8.85. The Labute approximate surface area is 236 Å². The fraction of sp³-hybridized carbons (Fsp3) is 0.267. The molecule has 1 amide bonds. The summed E-state index contributed by atoms with van der Waals surface area (Å²) in [5, 5.41) is 11.5. The molecule has 1 unspecified atom stereocenters. The molecule has 0 radical (unpaired) electrons. The first kappa shape index (κ1) is 28.6. The summed E-state index contributed by atoms with van der Waals surface area (Å²) >= 11 is 0.936. The zero-order valence-electron chi connectivity index (χ0n) is 22.5. The molecule has 1 fully saturated rings. The van der Waals surface area contributed by atoms with Crippen molar-refractivity contribution in [1.29, 1.82) is 0 Å². The van der Waals surface area contributed by atoms with Crippen molar-refractivity contribution in [2.24, 2.45) is 0 Å². The minimum absolute atomic E-state index is 0.0171. The first-order valence-electron chi connectivity index (χ1n) is 12.8. The summed E-state index contributed by atoms with van der Waals surface area (Å²) in [4.78, 5) is 45.4. The number of carbonyl (C=O) groups is 3. The van der Waals surface area contributed by atoms with E-state index in [1.54, 1.807) is 55.5 Å². The van der Waals surface area contributed by atoms with Gasteiger partial charge in [0.25, 0.3) is 5.78 Å². The van der Waals surface area contributed by atoms with Gasteiger partial charge in [-0.25, -0.2) is 9.78 Å². The number of esters is 1. The van der Waals surface area contributed by atoms with Crippen molar-refractivity contribution in [1.82, 2.24) is 4.98 Å². The van der Waals surface area contributed by atoms with Gasteiger partial charge in [0, 0.05) is 5.56 Å². The van der Waals surface area contributed by atoms with Gasteiger partial charge in [-0.05, 0) is 50.1 Å². The molecule has 1 aliphatic heterocycles. The molecule has 3 aromatic rings. The van der Waals surface area contributed by atoms with E-state index in [4.69, 9.17) is 14.2 Å². The van der Waals surface area contributed by atoms with Gasteiger partial charge in [-0.15, -0.1) is 0 Å². The molecular formula is C30H30N2O7S. The van der Waals surface area contributed by atoms with Crippen molar-refractivity contribution in [3.63, 3.8) is 0 Å². The van der Waals surface area contributed by atoms with Gasteiger partial charge in [0.15, 0.2) is 5.13 Å². The minimum Gasteiger partial charge on any atom is -0.507 e. The zero-order chi connectivity index (χ0) is 28.8. The number of hydrogen-bond donors (Lipinski definition) is 1. The molecule has 0 saturated carbocycles. The molecule has 0 spiro atoms. The first-order chi connectivity index (χ1) is 19.3. The van der Waals surface area contributed by atoms with Gasteiger partial charge in [0.2, 0.25) is 0 Å². The Kier molecular flexibility index (Phi) is 9.00. The molecule has 1 N–H and O–H groups in total. The summed E-state index contributed by atoms with van der Waals surface area (Å²) in [6.07, 6.45) is 2.28. The van der Waals surface area contributed by atoms with Gasteiger partial charge >= 0.3 is 11.9 Å². The Bertz CT molecular complexity index is 1460. The summed E-state index contributed by atoms with van der Waals surface area (Å²) in [5.74, 6) is -1.58. The summed E-state index contributed by atoms with van der Waals surface area (Å²) in [6.45, 7) is 9.97. The number of carbonyl (C=O) groups excluding carboxylic acids is 3. The number of amides is 1. The van der Waals surface area contributed by atoms with Crippen molar-refractivity contribution in [2.45, 2.75) is 33.2 Å². The van der Waals surface area contributed by atoms with E-state index >= 15 is 0 Å². The Morgan fingerprint density at radius 3 is 2.55 bits per heavy atom. The van der Waals surface area contributed by atoms with Crippen LogP contribution in [0.4, 0.5) is 5.13 Å². The van der Waals surface area contributed by atoms with Crippen LogP contribution in [0.1, 0.15) is 52.8 Å². The fourth-order valence-electron chi connectivity index (χ4n) is 4.24. The molecule has 208 valence electrons. The highest BCUT2D eigenvalue weighted by molar-refractivity contribution is 7.17. The molecule has 0 aliphatic carbocycles. The quantitative estimate of drug-likeness (QED) is 0.105. The molecule has 2 aromatic carbocycles. The maximum atomic E-state index is 13.5. The number of ketones is 1. The molecular weight excluding hydrogens is 532 g/mol. The van der Waals surface area contributed by atoms with Gasteiger partial charge in [-0.1, -0.05) is 55.2 Å². The number of aliphatic hydroxyl groups is 1. The van der Waals surface area contributed by atoms with Crippen LogP contribution < -0.4 is 14.4 Å². The first-order valence-corrected chi connectivity index (χ1v) is 13.6. The Morgan fingerprint density at radius 1 is 1.12 bits per heavy atom. The maximum absolute atomic E-state index is 13.5. The van der Waals surface area contributed by atoms with Crippen LogP contribution >= 0.6 is 11.3 Å². The van der Waals surface area contributed by atoms with E-state index in [-0.39, 0.29) is 27.9 Å². The molecule has 40 heavy (non-hydrogen) atoms. The van der Waals surface area contributed by atoms with Crippen LogP contribution in [0.5, 0.6) is 11.5 Å². The third-order valence-corrected chi connectivity index (χ3v) is 7.18. The van der Waals surface area contributed by atoms with Crippen LogP contribution in [0.3, 0.4) is 0 Å². The smallest absolute Gasteiger partial charge is 0.350 e. The number of thiazole rings is 1. The van der Waals surface area contributed by atoms with Crippen LogP contribution in [-0.4, -0.2) is 47.6 Å². The fourth-order valence-corrected chi connectivity index (χ4v) is 5.23. The third-order valence-electron chi connectivity index (χ3n) is 6.04. The highest BCUT2D eigenvalue weighted by Crippen LogP contribution is 2.44. The molecule has 1 aliphatic rings. The average Bonchev–Trinajstić information content (AvgIpc) is 3.47. The molecule has 9 nitrogen and oxygen atoms in total. The third kappa shape index (κ3) is 5.76. The number of aromatic nitrogens is 1. The molecule has 1 atom stereocenters. The lowest BCUT2D eigenvalue weighted by Crippen LogP contribution is -2.29. The highest BCUT2D eigenvalue weighted by atomic mass is 32.1. The van der Waals surface area contributed by atoms with E-state index in [0.29, 0.717) is 41.5 Å². The minimum atomic E-state index is -1.02. The normalized spacial score (nSPS) is 16.2. The lowest BCUT2D eigenvalue weighted by molar-refractivity contribution is -0.132. The summed E-state index contributed by atoms with van der Waals surface area (Å²) < 4.78 is 16.4. The molecule has 1 aromatic heterocycles. The highest BCUT2D eigenvalue weighted by Gasteiger charge is 2.48. The topological polar surface area (TPSA) is 115 Å². The van der Waals surface area contributed by atoms with Crippen LogP contribution in [0.15, 0.2) is 66.8 Å². The second-order valence-corrected chi connectivity index (χ2v) is 9.82. The SMILES string of the molecule is C=CCOC(=O)c1sc(N2C(=O)C(=O)C(=C(O)c3cccc(OCC)c3)C2c2ccc(OCCC)cc2)nc1C. The number of anilines is 1. The number of hydrogen-bond acceptors (Lipinski definition) is 9. The van der Waals surface area contributed by atoms with Crippen LogP contribution in [0.2, 0.25) is 0 Å². The maximum Gasteiger partial charge on any atom is 0.350 e. The van der Waals surface area contributed by atoms with E-state index in [1.807, 2.05) is 13.8 Å². The van der Waals surface area contributed by atoms with Crippen LogP contribution in [-0.2, 0) is 14.3 Å². The van der Waals surface area contributed by atoms with Gasteiger partial charge in [-0.3, -0.25) is 14.5 Å². The van der Waals surface area contributed by atoms with Crippen LogP contribution in [0.25, 0.3) is 5.76 Å². The van der Waals surface area contributed by atoms with Crippen molar-refractivity contribution in [3.8, 4) is 11.5 Å². The number of ether oxygens (including phenoxy) is 3. The van der Waals surface area contributed by atoms with Gasteiger partial charge in [0.1, 0.15) is 28.7 Å². The van der Waals surface area contributed by atoms with Crippen molar-refractivity contribution in [2.75, 3.05) is 24.7 Å².